The third-order valence-electron chi connectivity index (χ3n) is 1.41. The molecule has 0 bridgehead atoms. The summed E-state index contributed by atoms with van der Waals surface area (Å²) < 4.78 is 1.81. The van der Waals surface area contributed by atoms with E-state index < -0.39 is 0 Å². The Morgan fingerprint density at radius 2 is 2.18 bits per heavy atom. The van der Waals surface area contributed by atoms with Crippen LogP contribution in [0.5, 0.6) is 0 Å². The Kier molecular flexibility index (Phi) is 4.95. The molecule has 0 unspecified atom stereocenters. The van der Waals surface area contributed by atoms with E-state index in [0.29, 0.717) is 5.92 Å². The van der Waals surface area contributed by atoms with Crippen LogP contribution in [0, 0.1) is 18.7 Å². The third kappa shape index (κ3) is 2.92. The number of allylic oxidation sites excluding steroid dienone is 1. The Morgan fingerprint density at radius 3 is 2.55 bits per heavy atom. The van der Waals surface area contributed by atoms with Crippen LogP contribution in [-0.2, 0) is 32.7 Å². The monoisotopic (exact) mass is 222 g/mol. The number of nitrogens with zero attached hydrogens (tertiary/aromatic N) is 1. The molecule has 1 rings (SSSR count). The second-order valence-corrected chi connectivity index (χ2v) is 2.59. The maximum absolute atomic E-state index is 5.73. The summed E-state index contributed by atoms with van der Waals surface area (Å²) in [6, 6.07) is 3.75. The van der Waals surface area contributed by atoms with Gasteiger partial charge in [0, 0.05) is 32.7 Å². The van der Waals surface area contributed by atoms with Crippen molar-refractivity contribution in [3.63, 3.8) is 0 Å². The molecule has 0 spiro atoms. The van der Waals surface area contributed by atoms with Crippen molar-refractivity contribution in [2.24, 2.45) is 5.92 Å². The molecular formula is C9H11NY-2. The summed E-state index contributed by atoms with van der Waals surface area (Å²) in [6.45, 7) is 9.85. The van der Waals surface area contributed by atoms with Gasteiger partial charge in [-0.2, -0.15) is 6.07 Å². The molecule has 1 radical (unpaired) electrons. The topological polar surface area (TPSA) is 4.93 Å². The fourth-order valence-corrected chi connectivity index (χ4v) is 0.734. The van der Waals surface area contributed by atoms with Gasteiger partial charge in [0.25, 0.3) is 0 Å². The minimum absolute atomic E-state index is 0. The third-order valence-corrected chi connectivity index (χ3v) is 1.41. The smallest absolute Gasteiger partial charge is 0 e. The Hall–Kier alpha value is 0.124. The Bertz CT molecular complexity index is 211. The molecule has 1 heterocycles. The van der Waals surface area contributed by atoms with Gasteiger partial charge in [-0.05, 0) is 0 Å². The van der Waals surface area contributed by atoms with Gasteiger partial charge < -0.3 is 11.1 Å². The van der Waals surface area contributed by atoms with Crippen LogP contribution >= 0.6 is 0 Å². The first-order valence-electron chi connectivity index (χ1n) is 3.39. The molecule has 0 N–H and O–H groups in total. The summed E-state index contributed by atoms with van der Waals surface area (Å²) in [7, 11) is 0. The van der Waals surface area contributed by atoms with E-state index in [9.17, 15) is 0 Å². The maximum atomic E-state index is 5.73. The van der Waals surface area contributed by atoms with Crippen molar-refractivity contribution < 1.29 is 32.7 Å². The fourth-order valence-electron chi connectivity index (χ4n) is 0.734. The van der Waals surface area contributed by atoms with Crippen molar-refractivity contribution >= 4 is 5.70 Å². The van der Waals surface area contributed by atoms with Crippen LogP contribution in [0.4, 0.5) is 0 Å². The van der Waals surface area contributed by atoms with Gasteiger partial charge in [-0.25, -0.2) is 5.70 Å². The minimum atomic E-state index is 0. The van der Waals surface area contributed by atoms with Crippen LogP contribution in [0.15, 0.2) is 18.3 Å². The zero-order valence-corrected chi connectivity index (χ0v) is 9.75. The maximum Gasteiger partial charge on any atom is 0 e. The van der Waals surface area contributed by atoms with Crippen molar-refractivity contribution in [2.75, 3.05) is 0 Å². The van der Waals surface area contributed by atoms with Crippen molar-refractivity contribution in [3.8, 4) is 0 Å². The summed E-state index contributed by atoms with van der Waals surface area (Å²) in [6.07, 6.45) is 4.87. The fraction of sp³-hybridized carbons (Fsp3) is 0.333. The summed E-state index contributed by atoms with van der Waals surface area (Å²) in [5.41, 5.74) is 0.838. The van der Waals surface area contributed by atoms with Gasteiger partial charge in [0.1, 0.15) is 0 Å². The summed E-state index contributed by atoms with van der Waals surface area (Å²) >= 11 is 0. The second kappa shape index (κ2) is 4.89. The molecule has 0 aromatic carbocycles. The number of hydrogen-bond donors (Lipinski definition) is 0. The second-order valence-electron chi connectivity index (χ2n) is 2.59. The predicted molar refractivity (Wildman–Crippen MR) is 42.1 cm³/mol. The van der Waals surface area contributed by atoms with E-state index in [4.69, 9.17) is 6.58 Å². The number of hydrogen-bond acceptors (Lipinski definition) is 0. The van der Waals surface area contributed by atoms with Crippen LogP contribution in [0.1, 0.15) is 13.8 Å². The molecule has 11 heavy (non-hydrogen) atoms. The van der Waals surface area contributed by atoms with Crippen LogP contribution in [0.3, 0.4) is 0 Å². The molecule has 0 saturated carbocycles. The van der Waals surface area contributed by atoms with E-state index in [0.717, 1.165) is 5.70 Å². The molecule has 0 atom stereocenters. The van der Waals surface area contributed by atoms with Gasteiger partial charge in [-0.15, -0.1) is 12.3 Å². The van der Waals surface area contributed by atoms with Crippen LogP contribution in [0.2, 0.25) is 0 Å². The molecule has 0 aliphatic rings. The van der Waals surface area contributed by atoms with Crippen molar-refractivity contribution in [3.05, 3.63) is 31.1 Å². The first kappa shape index (κ1) is 11.1. The van der Waals surface area contributed by atoms with Gasteiger partial charge in [-0.3, -0.25) is 0 Å². The SMILES string of the molecule is [CH-]=C(C(C)C)n1[c-]ccc1.[Y]. The Labute approximate surface area is 93.4 Å². The van der Waals surface area contributed by atoms with E-state index in [-0.39, 0.29) is 32.7 Å². The normalized spacial score (nSPS) is 9.36. The van der Waals surface area contributed by atoms with Crippen molar-refractivity contribution in [1.29, 1.82) is 0 Å². The molecule has 2 heteroatoms. The first-order valence-corrected chi connectivity index (χ1v) is 3.39. The zero-order chi connectivity index (χ0) is 7.56. The van der Waals surface area contributed by atoms with E-state index in [1.807, 2.05) is 22.9 Å². The van der Waals surface area contributed by atoms with E-state index in [2.05, 4.69) is 20.0 Å². The van der Waals surface area contributed by atoms with E-state index >= 15 is 0 Å². The standard InChI is InChI=1S/C9H11N.Y/c1-8(2)9(3)10-6-4-5-7-10;/h3-6,8H,1-2H3;/q-2;. The molecule has 1 aromatic rings. The average molecular weight is 222 g/mol. The van der Waals surface area contributed by atoms with Gasteiger partial charge in [0.05, 0.1) is 0 Å². The van der Waals surface area contributed by atoms with Crippen molar-refractivity contribution in [2.45, 2.75) is 13.8 Å². The molecule has 0 saturated heterocycles. The zero-order valence-electron chi connectivity index (χ0n) is 6.91. The molecule has 1 aromatic heterocycles. The molecule has 0 aliphatic heterocycles. The molecule has 0 amide bonds. The molecular weight excluding hydrogens is 211 g/mol. The quantitative estimate of drug-likeness (QED) is 0.676. The molecule has 57 valence electrons. The summed E-state index contributed by atoms with van der Waals surface area (Å²) in [4.78, 5) is 0. The largest absolute Gasteiger partial charge is 0.547 e. The van der Waals surface area contributed by atoms with Crippen LogP contribution in [0.25, 0.3) is 5.70 Å². The van der Waals surface area contributed by atoms with Gasteiger partial charge >= 0.3 is 0 Å². The summed E-state index contributed by atoms with van der Waals surface area (Å²) in [5, 5.41) is 0. The van der Waals surface area contributed by atoms with Crippen LogP contribution < -0.4 is 0 Å². The number of aromatic nitrogens is 1. The first-order chi connectivity index (χ1) is 4.72. The Balaban J connectivity index is 0.000001000. The molecule has 0 fully saturated rings. The van der Waals surface area contributed by atoms with Gasteiger partial charge in [-0.1, -0.05) is 26.0 Å². The van der Waals surface area contributed by atoms with Crippen LogP contribution in [-0.4, -0.2) is 4.57 Å². The Morgan fingerprint density at radius 1 is 1.55 bits per heavy atom. The summed E-state index contributed by atoms with van der Waals surface area (Å²) in [5.74, 6) is 0.378. The number of rotatable bonds is 2. The molecule has 0 aliphatic carbocycles. The predicted octanol–water partition coefficient (Wildman–Crippen LogP) is 2.22. The van der Waals surface area contributed by atoms with Crippen molar-refractivity contribution in [1.82, 2.24) is 4.57 Å². The molecule has 1 nitrogen and oxygen atoms in total. The average Bonchev–Trinajstić information content (AvgIpc) is 2.36. The van der Waals surface area contributed by atoms with E-state index in [1.54, 1.807) is 0 Å². The van der Waals surface area contributed by atoms with E-state index in [1.165, 1.54) is 0 Å². The van der Waals surface area contributed by atoms with Gasteiger partial charge in [0.15, 0.2) is 0 Å². The minimum Gasteiger partial charge on any atom is -0.547 e. The van der Waals surface area contributed by atoms with Gasteiger partial charge in [0.2, 0.25) is 0 Å².